The van der Waals surface area contributed by atoms with Gasteiger partial charge in [-0.15, -0.1) is 11.3 Å². The van der Waals surface area contributed by atoms with Gasteiger partial charge in [0.2, 0.25) is 5.69 Å². The quantitative estimate of drug-likeness (QED) is 0.659. The Balaban J connectivity index is 2.23. The first kappa shape index (κ1) is 9.16. The van der Waals surface area contributed by atoms with Crippen molar-refractivity contribution in [3.63, 3.8) is 0 Å². The number of hydrogen-bond acceptors (Lipinski definition) is 1. The summed E-state index contributed by atoms with van der Waals surface area (Å²) in [5.74, 6) is 0. The van der Waals surface area contributed by atoms with E-state index in [1.165, 1.54) is 10.6 Å². The first-order valence-electron chi connectivity index (χ1n) is 4.52. The van der Waals surface area contributed by atoms with E-state index in [9.17, 15) is 0 Å². The Morgan fingerprint density at radius 2 is 2.07 bits per heavy atom. The van der Waals surface area contributed by atoms with Crippen molar-refractivity contribution in [2.75, 3.05) is 0 Å². The molecule has 0 radical (unpaired) electrons. The number of aryl methyl sites for hydroxylation is 1. The molecule has 2 aromatic heterocycles. The predicted octanol–water partition coefficient (Wildman–Crippen LogP) is 2.74. The molecule has 0 N–H and O–H groups in total. The molecule has 0 bridgehead atoms. The summed E-state index contributed by atoms with van der Waals surface area (Å²) in [4.78, 5) is 1.29. The minimum atomic E-state index is 1.21. The van der Waals surface area contributed by atoms with Gasteiger partial charge in [-0.3, -0.25) is 0 Å². The summed E-state index contributed by atoms with van der Waals surface area (Å²) in [5.41, 5.74) is 1.21. The smallest absolute Gasteiger partial charge is 0.202 e. The molecule has 2 heteroatoms. The van der Waals surface area contributed by atoms with Crippen LogP contribution in [0.5, 0.6) is 0 Å². The summed E-state index contributed by atoms with van der Waals surface area (Å²) in [6.07, 6.45) is 6.32. The molecule has 2 heterocycles. The van der Waals surface area contributed by atoms with Crippen molar-refractivity contribution in [2.45, 2.75) is 0 Å². The molecule has 0 saturated heterocycles. The Morgan fingerprint density at radius 1 is 1.14 bits per heavy atom. The maximum Gasteiger partial charge on any atom is 0.204 e. The van der Waals surface area contributed by atoms with E-state index in [0.717, 1.165) is 0 Å². The predicted molar refractivity (Wildman–Crippen MR) is 60.9 cm³/mol. The lowest BCUT2D eigenvalue weighted by Gasteiger charge is -1.91. The van der Waals surface area contributed by atoms with Gasteiger partial charge in [-0.2, -0.15) is 0 Å². The average Bonchev–Trinajstić information content (AvgIpc) is 2.69. The van der Waals surface area contributed by atoms with Crippen molar-refractivity contribution < 1.29 is 4.57 Å². The number of rotatable bonds is 2. The third-order valence-electron chi connectivity index (χ3n) is 2.06. The Labute approximate surface area is 88.0 Å². The van der Waals surface area contributed by atoms with Gasteiger partial charge in [-0.05, 0) is 23.6 Å². The third-order valence-corrected chi connectivity index (χ3v) is 2.89. The van der Waals surface area contributed by atoms with E-state index in [0.29, 0.717) is 0 Å². The third kappa shape index (κ3) is 2.09. The zero-order valence-electron chi connectivity index (χ0n) is 8.05. The van der Waals surface area contributed by atoms with Crippen molar-refractivity contribution in [1.82, 2.24) is 0 Å². The van der Waals surface area contributed by atoms with Gasteiger partial charge in [0.25, 0.3) is 0 Å². The molecule has 0 amide bonds. The summed E-state index contributed by atoms with van der Waals surface area (Å²) in [6.45, 7) is 0. The largest absolute Gasteiger partial charge is 0.204 e. The lowest BCUT2D eigenvalue weighted by atomic mass is 10.3. The molecule has 0 atom stereocenters. The monoisotopic (exact) mass is 202 g/mol. The van der Waals surface area contributed by atoms with E-state index in [1.807, 2.05) is 25.4 Å². The van der Waals surface area contributed by atoms with Gasteiger partial charge in [0, 0.05) is 23.1 Å². The second-order valence-corrected chi connectivity index (χ2v) is 4.06. The molecule has 0 aliphatic heterocycles. The Kier molecular flexibility index (Phi) is 2.75. The van der Waals surface area contributed by atoms with E-state index < -0.39 is 0 Å². The molecule has 2 rings (SSSR count). The summed E-state index contributed by atoms with van der Waals surface area (Å²) in [7, 11) is 2.05. The van der Waals surface area contributed by atoms with Gasteiger partial charge in [0.15, 0.2) is 6.20 Å². The van der Waals surface area contributed by atoms with Crippen LogP contribution < -0.4 is 4.57 Å². The van der Waals surface area contributed by atoms with E-state index >= 15 is 0 Å². The molecule has 0 unspecified atom stereocenters. The molecule has 0 aliphatic rings. The zero-order valence-corrected chi connectivity index (χ0v) is 8.87. The van der Waals surface area contributed by atoms with Crippen LogP contribution >= 0.6 is 11.3 Å². The fraction of sp³-hybridized carbons (Fsp3) is 0.0833. The highest BCUT2D eigenvalue weighted by molar-refractivity contribution is 7.10. The summed E-state index contributed by atoms with van der Waals surface area (Å²) >= 11 is 1.75. The highest BCUT2D eigenvalue weighted by Crippen LogP contribution is 2.11. The Bertz CT molecular complexity index is 429. The second kappa shape index (κ2) is 4.20. The van der Waals surface area contributed by atoms with E-state index in [2.05, 4.69) is 40.3 Å². The van der Waals surface area contributed by atoms with Crippen LogP contribution in [0.2, 0.25) is 0 Å². The lowest BCUT2D eigenvalue weighted by Crippen LogP contribution is -2.30. The van der Waals surface area contributed by atoms with Crippen molar-refractivity contribution in [2.24, 2.45) is 7.05 Å². The zero-order chi connectivity index (χ0) is 9.80. The van der Waals surface area contributed by atoms with Crippen molar-refractivity contribution in [1.29, 1.82) is 0 Å². The molecular formula is C12H12NS+. The molecular weight excluding hydrogens is 190 g/mol. The van der Waals surface area contributed by atoms with Gasteiger partial charge < -0.3 is 0 Å². The minimum Gasteiger partial charge on any atom is -0.202 e. The molecule has 0 aliphatic carbocycles. The van der Waals surface area contributed by atoms with Gasteiger partial charge in [-0.1, -0.05) is 6.07 Å². The van der Waals surface area contributed by atoms with Crippen molar-refractivity contribution >= 4 is 23.5 Å². The summed E-state index contributed by atoms with van der Waals surface area (Å²) in [5, 5.41) is 2.09. The molecule has 0 fully saturated rings. The average molecular weight is 202 g/mol. The molecule has 1 nitrogen and oxygen atoms in total. The molecule has 0 saturated carbocycles. The van der Waals surface area contributed by atoms with Crippen LogP contribution in [0.3, 0.4) is 0 Å². The molecule has 14 heavy (non-hydrogen) atoms. The highest BCUT2D eigenvalue weighted by Gasteiger charge is 1.98. The van der Waals surface area contributed by atoms with Crippen LogP contribution in [0.15, 0.2) is 41.9 Å². The number of nitrogens with zero attached hydrogens (tertiary/aromatic N) is 1. The van der Waals surface area contributed by atoms with E-state index in [-0.39, 0.29) is 0 Å². The van der Waals surface area contributed by atoms with Crippen LogP contribution in [-0.2, 0) is 7.05 Å². The van der Waals surface area contributed by atoms with E-state index in [4.69, 9.17) is 0 Å². The van der Waals surface area contributed by atoms with Crippen LogP contribution in [0.1, 0.15) is 10.6 Å². The van der Waals surface area contributed by atoms with Crippen LogP contribution in [0.25, 0.3) is 12.2 Å². The molecule has 0 spiro atoms. The van der Waals surface area contributed by atoms with E-state index in [1.54, 1.807) is 11.3 Å². The summed E-state index contributed by atoms with van der Waals surface area (Å²) < 4.78 is 2.10. The fourth-order valence-electron chi connectivity index (χ4n) is 1.26. The number of hydrogen-bond donors (Lipinski definition) is 0. The van der Waals surface area contributed by atoms with Gasteiger partial charge in [-0.25, -0.2) is 4.57 Å². The number of thiophene rings is 1. The van der Waals surface area contributed by atoms with Gasteiger partial charge in [0.05, 0.1) is 0 Å². The first-order chi connectivity index (χ1) is 6.86. The van der Waals surface area contributed by atoms with Gasteiger partial charge >= 0.3 is 0 Å². The standard InChI is InChI=1S/C12H12NS/c1-13-9-3-2-5-11(13)7-8-12-6-4-10-14-12/h2-10H,1H3/q+1. The molecule has 70 valence electrons. The number of pyridine rings is 1. The normalized spacial score (nSPS) is 10.9. The fourth-order valence-corrected chi connectivity index (χ4v) is 1.88. The molecule has 0 aromatic carbocycles. The SMILES string of the molecule is C[n+]1ccccc1C=Cc1cccs1. The maximum absolute atomic E-state index is 2.14. The van der Waals surface area contributed by atoms with Crippen LogP contribution in [-0.4, -0.2) is 0 Å². The van der Waals surface area contributed by atoms with Crippen LogP contribution in [0, 0.1) is 0 Å². The topological polar surface area (TPSA) is 3.88 Å². The number of aromatic nitrogens is 1. The second-order valence-electron chi connectivity index (χ2n) is 3.09. The lowest BCUT2D eigenvalue weighted by molar-refractivity contribution is -0.673. The Morgan fingerprint density at radius 3 is 2.79 bits per heavy atom. The van der Waals surface area contributed by atoms with Gasteiger partial charge in [0.1, 0.15) is 7.05 Å². The molecule has 2 aromatic rings. The highest BCUT2D eigenvalue weighted by atomic mass is 32.1. The first-order valence-corrected chi connectivity index (χ1v) is 5.40. The van der Waals surface area contributed by atoms with Crippen molar-refractivity contribution in [3.8, 4) is 0 Å². The summed E-state index contributed by atoms with van der Waals surface area (Å²) in [6, 6.07) is 10.4. The van der Waals surface area contributed by atoms with Crippen molar-refractivity contribution in [3.05, 3.63) is 52.5 Å². The van der Waals surface area contributed by atoms with Crippen LogP contribution in [0.4, 0.5) is 0 Å². The maximum atomic E-state index is 2.14. The Hall–Kier alpha value is -1.41. The minimum absolute atomic E-state index is 1.21.